The number of rotatable bonds is 19. The molecule has 1 nitrogen and oxygen atoms in total. The van der Waals surface area contributed by atoms with Crippen LogP contribution < -0.4 is 0 Å². The molecule has 0 saturated carbocycles. The summed E-state index contributed by atoms with van der Waals surface area (Å²) in [5, 5.41) is 0. The summed E-state index contributed by atoms with van der Waals surface area (Å²) in [6, 6.07) is 19.6. The Hall–Kier alpha value is -1.60. The molecule has 0 aromatic heterocycles. The predicted molar refractivity (Wildman–Crippen MR) is 143 cm³/mol. The number of benzene rings is 2. The van der Waals surface area contributed by atoms with E-state index in [1.54, 1.807) is 0 Å². The highest BCUT2D eigenvalue weighted by molar-refractivity contribution is 5.67. The first kappa shape index (κ1) is 26.7. The van der Waals surface area contributed by atoms with Gasteiger partial charge < -0.3 is 4.90 Å². The molecule has 178 valence electrons. The second-order valence-electron chi connectivity index (χ2n) is 9.71. The summed E-state index contributed by atoms with van der Waals surface area (Å²) in [6.45, 7) is 4.52. The number of nitrogens with zero attached hydrogens (tertiary/aromatic N) is 1. The largest absolute Gasteiger partial charge is 0.302 e. The topological polar surface area (TPSA) is 3.24 Å². The lowest BCUT2D eigenvalue weighted by Gasteiger charge is -2.19. The summed E-state index contributed by atoms with van der Waals surface area (Å²) >= 11 is 0. The molecular formula is C31H49N. The van der Waals surface area contributed by atoms with Crippen molar-refractivity contribution < 1.29 is 0 Å². The molecule has 0 spiro atoms. The summed E-state index contributed by atoms with van der Waals surface area (Å²) in [4.78, 5) is 2.49. The standard InChI is InChI=1S/C31H49N/c1-3-4-5-6-7-8-9-10-11-12-13-14-15-16-22-27-32(2)28-30-25-20-21-26-31(30)29-23-18-17-19-24-29/h17-21,23-26H,3-16,22,27-28H2,1-2H3. The van der Waals surface area contributed by atoms with Crippen LogP contribution in [0.3, 0.4) is 0 Å². The van der Waals surface area contributed by atoms with Crippen molar-refractivity contribution in [1.82, 2.24) is 4.90 Å². The van der Waals surface area contributed by atoms with Crippen molar-refractivity contribution in [2.24, 2.45) is 0 Å². The van der Waals surface area contributed by atoms with Gasteiger partial charge in [-0.1, -0.05) is 151 Å². The smallest absolute Gasteiger partial charge is 0.0236 e. The van der Waals surface area contributed by atoms with Gasteiger partial charge >= 0.3 is 0 Å². The first-order chi connectivity index (χ1) is 15.8. The Labute approximate surface area is 199 Å². The first-order valence-corrected chi connectivity index (χ1v) is 13.6. The molecule has 0 aliphatic carbocycles. The maximum atomic E-state index is 2.49. The van der Waals surface area contributed by atoms with Crippen LogP contribution in [-0.4, -0.2) is 18.5 Å². The van der Waals surface area contributed by atoms with Crippen molar-refractivity contribution in [3.05, 3.63) is 60.2 Å². The van der Waals surface area contributed by atoms with Crippen molar-refractivity contribution >= 4 is 0 Å². The number of hydrogen-bond acceptors (Lipinski definition) is 1. The van der Waals surface area contributed by atoms with E-state index in [1.807, 2.05) is 0 Å². The molecule has 0 heterocycles. The van der Waals surface area contributed by atoms with Gasteiger partial charge in [0, 0.05) is 6.54 Å². The number of hydrogen-bond donors (Lipinski definition) is 0. The second kappa shape index (κ2) is 17.9. The third-order valence-corrected chi connectivity index (χ3v) is 6.69. The predicted octanol–water partition coefficient (Wildman–Crippen LogP) is 9.66. The third kappa shape index (κ3) is 11.9. The minimum absolute atomic E-state index is 1.03. The summed E-state index contributed by atoms with van der Waals surface area (Å²) in [6.07, 6.45) is 21.4. The van der Waals surface area contributed by atoms with E-state index in [4.69, 9.17) is 0 Å². The summed E-state index contributed by atoms with van der Waals surface area (Å²) in [5.74, 6) is 0. The van der Waals surface area contributed by atoms with Gasteiger partial charge in [0.05, 0.1) is 0 Å². The number of unbranched alkanes of at least 4 members (excludes halogenated alkanes) is 14. The fraction of sp³-hybridized carbons (Fsp3) is 0.613. The maximum absolute atomic E-state index is 2.49. The van der Waals surface area contributed by atoms with Crippen LogP contribution in [0, 0.1) is 0 Å². The zero-order chi connectivity index (χ0) is 22.7. The molecular weight excluding hydrogens is 386 g/mol. The molecule has 0 bridgehead atoms. The van der Waals surface area contributed by atoms with Gasteiger partial charge in [0.25, 0.3) is 0 Å². The van der Waals surface area contributed by atoms with Gasteiger partial charge in [-0.3, -0.25) is 0 Å². The van der Waals surface area contributed by atoms with Crippen LogP contribution in [0.1, 0.15) is 109 Å². The molecule has 0 aliphatic rings. The molecule has 0 amide bonds. The van der Waals surface area contributed by atoms with E-state index in [2.05, 4.69) is 73.5 Å². The summed E-state index contributed by atoms with van der Waals surface area (Å²) in [5.41, 5.74) is 4.13. The Bertz CT molecular complexity index is 678. The quantitative estimate of drug-likeness (QED) is 0.198. The fourth-order valence-corrected chi connectivity index (χ4v) is 4.68. The van der Waals surface area contributed by atoms with Crippen LogP contribution in [0.2, 0.25) is 0 Å². The van der Waals surface area contributed by atoms with Crippen LogP contribution in [0.5, 0.6) is 0 Å². The lowest BCUT2D eigenvalue weighted by Crippen LogP contribution is -2.19. The van der Waals surface area contributed by atoms with Crippen LogP contribution in [0.15, 0.2) is 54.6 Å². The normalized spacial score (nSPS) is 11.3. The van der Waals surface area contributed by atoms with Gasteiger partial charge in [0.2, 0.25) is 0 Å². The molecule has 2 aromatic rings. The van der Waals surface area contributed by atoms with Gasteiger partial charge in [-0.2, -0.15) is 0 Å². The van der Waals surface area contributed by atoms with Crippen LogP contribution in [-0.2, 0) is 6.54 Å². The molecule has 0 unspecified atom stereocenters. The van der Waals surface area contributed by atoms with Crippen molar-refractivity contribution in [2.75, 3.05) is 13.6 Å². The van der Waals surface area contributed by atoms with E-state index in [1.165, 1.54) is 120 Å². The van der Waals surface area contributed by atoms with E-state index in [-0.39, 0.29) is 0 Å². The van der Waals surface area contributed by atoms with Gasteiger partial charge in [-0.05, 0) is 36.7 Å². The van der Waals surface area contributed by atoms with Gasteiger partial charge in [-0.25, -0.2) is 0 Å². The minimum Gasteiger partial charge on any atom is -0.302 e. The average Bonchev–Trinajstić information content (AvgIpc) is 2.82. The third-order valence-electron chi connectivity index (χ3n) is 6.69. The zero-order valence-corrected chi connectivity index (χ0v) is 21.2. The van der Waals surface area contributed by atoms with Crippen molar-refractivity contribution in [1.29, 1.82) is 0 Å². The lowest BCUT2D eigenvalue weighted by molar-refractivity contribution is 0.316. The molecule has 0 saturated heterocycles. The Kier molecular flexibility index (Phi) is 14.9. The van der Waals surface area contributed by atoms with Crippen molar-refractivity contribution in [3.63, 3.8) is 0 Å². The van der Waals surface area contributed by atoms with Crippen LogP contribution in [0.25, 0.3) is 11.1 Å². The first-order valence-electron chi connectivity index (χ1n) is 13.6. The molecule has 0 atom stereocenters. The van der Waals surface area contributed by atoms with Crippen LogP contribution >= 0.6 is 0 Å². The average molecular weight is 436 g/mol. The lowest BCUT2D eigenvalue weighted by atomic mass is 9.99. The molecule has 0 aliphatic heterocycles. The summed E-state index contributed by atoms with van der Waals surface area (Å²) < 4.78 is 0. The Morgan fingerprint density at radius 1 is 0.531 bits per heavy atom. The molecule has 1 heteroatoms. The Morgan fingerprint density at radius 2 is 1.00 bits per heavy atom. The van der Waals surface area contributed by atoms with Crippen molar-refractivity contribution in [2.45, 2.75) is 110 Å². The van der Waals surface area contributed by atoms with Gasteiger partial charge in [-0.15, -0.1) is 0 Å². The second-order valence-corrected chi connectivity index (χ2v) is 9.71. The monoisotopic (exact) mass is 435 g/mol. The van der Waals surface area contributed by atoms with Crippen LogP contribution in [0.4, 0.5) is 0 Å². The van der Waals surface area contributed by atoms with E-state index in [9.17, 15) is 0 Å². The highest BCUT2D eigenvalue weighted by atomic mass is 15.1. The zero-order valence-electron chi connectivity index (χ0n) is 21.2. The van der Waals surface area contributed by atoms with Crippen molar-refractivity contribution in [3.8, 4) is 11.1 Å². The highest BCUT2D eigenvalue weighted by Crippen LogP contribution is 2.24. The Morgan fingerprint density at radius 3 is 1.56 bits per heavy atom. The van der Waals surface area contributed by atoms with Gasteiger partial charge in [0.15, 0.2) is 0 Å². The van der Waals surface area contributed by atoms with E-state index in [0.29, 0.717) is 0 Å². The highest BCUT2D eigenvalue weighted by Gasteiger charge is 2.07. The molecule has 32 heavy (non-hydrogen) atoms. The van der Waals surface area contributed by atoms with E-state index in [0.717, 1.165) is 6.54 Å². The van der Waals surface area contributed by atoms with E-state index >= 15 is 0 Å². The van der Waals surface area contributed by atoms with E-state index < -0.39 is 0 Å². The molecule has 0 fully saturated rings. The fourth-order valence-electron chi connectivity index (χ4n) is 4.68. The molecule has 2 rings (SSSR count). The summed E-state index contributed by atoms with van der Waals surface area (Å²) in [7, 11) is 2.27. The SMILES string of the molecule is CCCCCCCCCCCCCCCCCN(C)Cc1ccccc1-c1ccccc1. The molecule has 0 radical (unpaired) electrons. The molecule has 0 N–H and O–H groups in total. The Balaban J connectivity index is 1.46. The van der Waals surface area contributed by atoms with Gasteiger partial charge in [0.1, 0.15) is 0 Å². The minimum atomic E-state index is 1.03. The molecule has 2 aromatic carbocycles. The maximum Gasteiger partial charge on any atom is 0.0236 e.